The summed E-state index contributed by atoms with van der Waals surface area (Å²) in [7, 11) is 1.62. The van der Waals surface area contributed by atoms with Crippen LogP contribution in [0.3, 0.4) is 0 Å². The number of amides is 1. The molecule has 0 aliphatic carbocycles. The average Bonchev–Trinajstić information content (AvgIpc) is 3.27. The van der Waals surface area contributed by atoms with E-state index in [0.717, 1.165) is 42.8 Å². The largest absolute Gasteiger partial charge is 0.497 e. The normalized spacial score (nSPS) is 16.6. The lowest BCUT2D eigenvalue weighted by Gasteiger charge is -2.36. The van der Waals surface area contributed by atoms with Gasteiger partial charge in [0.1, 0.15) is 5.75 Å². The Hall–Kier alpha value is -2.94. The minimum Gasteiger partial charge on any atom is -0.497 e. The fourth-order valence-electron chi connectivity index (χ4n) is 3.51. The van der Waals surface area contributed by atoms with Crippen LogP contribution in [0.2, 0.25) is 0 Å². The SMILES string of the molecule is COc1ccc(-n2nnnc2SCC(=O)N2CCCC[C@@H]2c2cccnc2)cc1. The van der Waals surface area contributed by atoms with Gasteiger partial charge in [-0.25, -0.2) is 0 Å². The van der Waals surface area contributed by atoms with Crippen LogP contribution in [0.4, 0.5) is 0 Å². The molecule has 1 atom stereocenters. The van der Waals surface area contributed by atoms with E-state index in [9.17, 15) is 4.79 Å². The van der Waals surface area contributed by atoms with Crippen molar-refractivity contribution in [1.29, 1.82) is 0 Å². The van der Waals surface area contributed by atoms with Gasteiger partial charge >= 0.3 is 0 Å². The van der Waals surface area contributed by atoms with Crippen LogP contribution in [-0.2, 0) is 4.79 Å². The molecule has 1 aliphatic heterocycles. The molecule has 1 aromatic carbocycles. The van der Waals surface area contributed by atoms with E-state index in [1.54, 1.807) is 18.0 Å². The third-order valence-corrected chi connectivity index (χ3v) is 5.88. The van der Waals surface area contributed by atoms with Gasteiger partial charge in [-0.3, -0.25) is 9.78 Å². The Morgan fingerprint density at radius 1 is 1.24 bits per heavy atom. The lowest BCUT2D eigenvalue weighted by Crippen LogP contribution is -2.39. The monoisotopic (exact) mass is 410 g/mol. The van der Waals surface area contributed by atoms with Gasteiger partial charge in [-0.2, -0.15) is 4.68 Å². The van der Waals surface area contributed by atoms with E-state index in [1.165, 1.54) is 11.8 Å². The number of pyridine rings is 1. The number of carbonyl (C=O) groups excluding carboxylic acids is 1. The molecular weight excluding hydrogens is 388 g/mol. The van der Waals surface area contributed by atoms with Gasteiger partial charge in [0.05, 0.1) is 24.6 Å². The molecule has 0 bridgehead atoms. The maximum absolute atomic E-state index is 13.0. The van der Waals surface area contributed by atoms with Crippen molar-refractivity contribution in [1.82, 2.24) is 30.1 Å². The van der Waals surface area contributed by atoms with E-state index in [4.69, 9.17) is 4.74 Å². The molecular formula is C20H22N6O2S. The summed E-state index contributed by atoms with van der Waals surface area (Å²) in [5.74, 6) is 1.14. The zero-order valence-corrected chi connectivity index (χ0v) is 17.0. The molecule has 150 valence electrons. The van der Waals surface area contributed by atoms with Gasteiger partial charge in [0.2, 0.25) is 11.1 Å². The van der Waals surface area contributed by atoms with E-state index in [2.05, 4.69) is 20.5 Å². The lowest BCUT2D eigenvalue weighted by atomic mass is 9.96. The molecule has 3 heterocycles. The van der Waals surface area contributed by atoms with Crippen molar-refractivity contribution in [2.45, 2.75) is 30.5 Å². The van der Waals surface area contributed by atoms with Crippen molar-refractivity contribution < 1.29 is 9.53 Å². The minimum atomic E-state index is 0.0862. The number of ether oxygens (including phenoxy) is 1. The molecule has 0 radical (unpaired) electrons. The summed E-state index contributed by atoms with van der Waals surface area (Å²) in [5, 5.41) is 12.5. The molecule has 0 spiro atoms. The van der Waals surface area contributed by atoms with Gasteiger partial charge in [-0.1, -0.05) is 17.8 Å². The Balaban J connectivity index is 1.45. The average molecular weight is 411 g/mol. The molecule has 9 heteroatoms. The van der Waals surface area contributed by atoms with Crippen LogP contribution in [0.15, 0.2) is 53.9 Å². The highest BCUT2D eigenvalue weighted by atomic mass is 32.2. The second-order valence-corrected chi connectivity index (χ2v) is 7.69. The van der Waals surface area contributed by atoms with Crippen LogP contribution in [0.1, 0.15) is 30.9 Å². The molecule has 1 aliphatic rings. The van der Waals surface area contributed by atoms with Crippen LogP contribution in [0, 0.1) is 0 Å². The number of carbonyl (C=O) groups is 1. The molecule has 2 aromatic heterocycles. The second-order valence-electron chi connectivity index (χ2n) is 6.75. The Labute approximate surface area is 173 Å². The number of methoxy groups -OCH3 is 1. The Morgan fingerprint density at radius 2 is 2.10 bits per heavy atom. The summed E-state index contributed by atoms with van der Waals surface area (Å²) in [6, 6.07) is 11.5. The zero-order chi connectivity index (χ0) is 20.1. The topological polar surface area (TPSA) is 86.0 Å². The van der Waals surface area contributed by atoms with Gasteiger partial charge in [0.25, 0.3) is 0 Å². The third-order valence-electron chi connectivity index (χ3n) is 4.97. The van der Waals surface area contributed by atoms with Crippen LogP contribution in [0.25, 0.3) is 5.69 Å². The zero-order valence-electron chi connectivity index (χ0n) is 16.1. The minimum absolute atomic E-state index is 0.0862. The fraction of sp³-hybridized carbons (Fsp3) is 0.350. The van der Waals surface area contributed by atoms with E-state index in [-0.39, 0.29) is 17.7 Å². The number of tetrazole rings is 1. The van der Waals surface area contributed by atoms with Crippen LogP contribution < -0.4 is 4.74 Å². The van der Waals surface area contributed by atoms with Crippen LogP contribution in [-0.4, -0.2) is 55.4 Å². The summed E-state index contributed by atoms with van der Waals surface area (Å²) >= 11 is 1.35. The van der Waals surface area contributed by atoms with Gasteiger partial charge in [-0.15, -0.1) is 5.10 Å². The summed E-state index contributed by atoms with van der Waals surface area (Å²) in [6.45, 7) is 0.766. The molecule has 8 nitrogen and oxygen atoms in total. The number of piperidine rings is 1. The maximum atomic E-state index is 13.0. The van der Waals surface area contributed by atoms with Crippen LogP contribution >= 0.6 is 11.8 Å². The van der Waals surface area contributed by atoms with Crippen molar-refractivity contribution in [3.8, 4) is 11.4 Å². The number of aromatic nitrogens is 5. The number of thioether (sulfide) groups is 1. The van der Waals surface area contributed by atoms with Crippen molar-refractivity contribution >= 4 is 17.7 Å². The van der Waals surface area contributed by atoms with Crippen LogP contribution in [0.5, 0.6) is 5.75 Å². The summed E-state index contributed by atoms with van der Waals surface area (Å²) in [5.41, 5.74) is 1.91. The first kappa shape index (κ1) is 19.4. The van der Waals surface area contributed by atoms with Gasteiger partial charge in [0, 0.05) is 18.9 Å². The molecule has 1 fully saturated rings. The number of nitrogens with zero attached hydrogens (tertiary/aromatic N) is 6. The molecule has 1 saturated heterocycles. The number of likely N-dealkylation sites (tertiary alicyclic amines) is 1. The highest BCUT2D eigenvalue weighted by molar-refractivity contribution is 7.99. The first-order chi connectivity index (χ1) is 14.3. The second kappa shape index (κ2) is 9.04. The summed E-state index contributed by atoms with van der Waals surface area (Å²) < 4.78 is 6.82. The first-order valence-corrected chi connectivity index (χ1v) is 10.5. The molecule has 3 aromatic rings. The predicted octanol–water partition coefficient (Wildman–Crippen LogP) is 2.91. The van der Waals surface area contributed by atoms with Gasteiger partial charge < -0.3 is 9.64 Å². The number of rotatable bonds is 6. The fourth-order valence-corrected chi connectivity index (χ4v) is 4.29. The van der Waals surface area contributed by atoms with E-state index in [1.807, 2.05) is 47.5 Å². The molecule has 0 saturated carbocycles. The Kier molecular flexibility index (Phi) is 6.04. The third kappa shape index (κ3) is 4.40. The molecule has 4 rings (SSSR count). The van der Waals surface area contributed by atoms with Crippen molar-refractivity contribution in [3.05, 3.63) is 54.4 Å². The molecule has 29 heavy (non-hydrogen) atoms. The maximum Gasteiger partial charge on any atom is 0.233 e. The van der Waals surface area contributed by atoms with E-state index >= 15 is 0 Å². The summed E-state index contributed by atoms with van der Waals surface area (Å²) in [6.07, 6.45) is 6.72. The van der Waals surface area contributed by atoms with Crippen molar-refractivity contribution in [2.75, 3.05) is 19.4 Å². The molecule has 1 amide bonds. The Bertz CT molecular complexity index is 947. The smallest absolute Gasteiger partial charge is 0.233 e. The summed E-state index contributed by atoms with van der Waals surface area (Å²) in [4.78, 5) is 19.2. The van der Waals surface area contributed by atoms with E-state index < -0.39 is 0 Å². The quantitative estimate of drug-likeness (QED) is 0.578. The molecule has 0 unspecified atom stereocenters. The predicted molar refractivity (Wildman–Crippen MR) is 109 cm³/mol. The number of hydrogen-bond donors (Lipinski definition) is 0. The molecule has 0 N–H and O–H groups in total. The standard InChI is InChI=1S/C20H22N6O2S/c1-28-17-9-7-16(8-10-17)26-20(22-23-24-26)29-14-19(27)25-12-3-2-6-18(25)15-5-4-11-21-13-15/h4-5,7-11,13,18H,2-3,6,12,14H2,1H3/t18-/m1/s1. The van der Waals surface area contributed by atoms with Gasteiger partial charge in [-0.05, 0) is 65.6 Å². The van der Waals surface area contributed by atoms with Crippen molar-refractivity contribution in [3.63, 3.8) is 0 Å². The van der Waals surface area contributed by atoms with E-state index in [0.29, 0.717) is 5.16 Å². The highest BCUT2D eigenvalue weighted by Crippen LogP contribution is 2.31. The lowest BCUT2D eigenvalue weighted by molar-refractivity contribution is -0.132. The highest BCUT2D eigenvalue weighted by Gasteiger charge is 2.28. The first-order valence-electron chi connectivity index (χ1n) is 9.51. The Morgan fingerprint density at radius 3 is 2.86 bits per heavy atom. The van der Waals surface area contributed by atoms with Gasteiger partial charge in [0.15, 0.2) is 0 Å². The van der Waals surface area contributed by atoms with Crippen molar-refractivity contribution in [2.24, 2.45) is 0 Å². The number of hydrogen-bond acceptors (Lipinski definition) is 7. The number of benzene rings is 1.